The van der Waals surface area contributed by atoms with E-state index >= 15 is 0 Å². The van der Waals surface area contributed by atoms with Crippen molar-refractivity contribution < 1.29 is 27.9 Å². The Balaban J connectivity index is 2.22. The van der Waals surface area contributed by atoms with Crippen LogP contribution in [-0.4, -0.2) is 27.5 Å². The van der Waals surface area contributed by atoms with Crippen LogP contribution in [0.1, 0.15) is 41.9 Å². The Morgan fingerprint density at radius 3 is 2.53 bits per heavy atom. The van der Waals surface area contributed by atoms with Crippen LogP contribution >= 0.6 is 0 Å². The van der Waals surface area contributed by atoms with Crippen molar-refractivity contribution in [2.24, 2.45) is 0 Å². The Labute approximate surface area is 171 Å². The van der Waals surface area contributed by atoms with Crippen LogP contribution in [-0.2, 0) is 11.2 Å². The maximum atomic E-state index is 14.8. The molecule has 1 atom stereocenters. The van der Waals surface area contributed by atoms with Gasteiger partial charge in [-0.1, -0.05) is 13.0 Å². The number of aromatic hydroxyl groups is 1. The first-order chi connectivity index (χ1) is 14.1. The summed E-state index contributed by atoms with van der Waals surface area (Å²) in [6.45, 7) is 5.18. The van der Waals surface area contributed by atoms with Gasteiger partial charge < -0.3 is 10.4 Å². The molecule has 0 radical (unpaired) electrons. The highest BCUT2D eigenvalue weighted by atomic mass is 19.1. The van der Waals surface area contributed by atoms with Gasteiger partial charge in [0, 0.05) is 28.8 Å². The van der Waals surface area contributed by atoms with Crippen LogP contribution in [0, 0.1) is 24.4 Å². The number of benzene rings is 2. The quantitative estimate of drug-likeness (QED) is 0.652. The normalized spacial score (nSPS) is 12.2. The van der Waals surface area contributed by atoms with E-state index in [0.29, 0.717) is 6.42 Å². The number of hydrogen-bond acceptors (Lipinski definition) is 3. The number of phenolic OH excluding ortho intramolecular Hbond substituents is 1. The van der Waals surface area contributed by atoms with Crippen LogP contribution < -0.4 is 5.32 Å². The van der Waals surface area contributed by atoms with Gasteiger partial charge in [0.15, 0.2) is 17.4 Å². The minimum Gasteiger partial charge on any atom is -0.503 e. The summed E-state index contributed by atoms with van der Waals surface area (Å²) in [6.07, 6.45) is 0.406. The maximum Gasteiger partial charge on any atom is 0.262 e. The number of carbonyl (C=O) groups excluding carboxylic acids is 2. The molecule has 0 spiro atoms. The van der Waals surface area contributed by atoms with Gasteiger partial charge in [0.2, 0.25) is 5.91 Å². The Morgan fingerprint density at radius 2 is 1.90 bits per heavy atom. The number of amides is 1. The molecule has 5 nitrogen and oxygen atoms in total. The second kappa shape index (κ2) is 8.22. The fraction of sp³-hybridized carbons (Fsp3) is 0.273. The zero-order valence-electron chi connectivity index (χ0n) is 16.7. The summed E-state index contributed by atoms with van der Waals surface area (Å²) in [6, 6.07) is 5.61. The summed E-state index contributed by atoms with van der Waals surface area (Å²) in [7, 11) is 0. The zero-order valence-corrected chi connectivity index (χ0v) is 16.7. The van der Waals surface area contributed by atoms with Crippen molar-refractivity contribution in [1.82, 2.24) is 9.88 Å². The fourth-order valence-electron chi connectivity index (χ4n) is 3.37. The van der Waals surface area contributed by atoms with Gasteiger partial charge in [0.1, 0.15) is 5.82 Å². The van der Waals surface area contributed by atoms with E-state index < -0.39 is 35.0 Å². The number of nitrogens with one attached hydrogen (secondary N) is 1. The van der Waals surface area contributed by atoms with Crippen molar-refractivity contribution in [3.8, 4) is 5.75 Å². The third-order valence-electron chi connectivity index (χ3n) is 5.12. The Hall–Kier alpha value is -3.29. The average Bonchev–Trinajstić information content (AvgIpc) is 2.96. The summed E-state index contributed by atoms with van der Waals surface area (Å²) in [5.74, 6) is -5.46. The first-order valence-electron chi connectivity index (χ1n) is 9.46. The molecule has 158 valence electrons. The van der Waals surface area contributed by atoms with Gasteiger partial charge in [-0.2, -0.15) is 0 Å². The van der Waals surface area contributed by atoms with E-state index in [-0.39, 0.29) is 40.2 Å². The summed E-state index contributed by atoms with van der Waals surface area (Å²) in [5.41, 5.74) is 0.159. The summed E-state index contributed by atoms with van der Waals surface area (Å²) in [5, 5.41) is 12.3. The molecule has 0 bridgehead atoms. The molecule has 1 amide bonds. The molecule has 0 aliphatic heterocycles. The number of fused-ring (bicyclic) bond motifs is 1. The second-order valence-electron chi connectivity index (χ2n) is 7.18. The van der Waals surface area contributed by atoms with Gasteiger partial charge in [-0.25, -0.2) is 13.2 Å². The number of aromatic nitrogens is 1. The predicted molar refractivity (Wildman–Crippen MR) is 106 cm³/mol. The number of hydrogen-bond donors (Lipinski definition) is 2. The van der Waals surface area contributed by atoms with E-state index in [1.807, 2.05) is 13.8 Å². The maximum absolute atomic E-state index is 14.8. The largest absolute Gasteiger partial charge is 0.503 e. The second-order valence-corrected chi connectivity index (χ2v) is 7.18. The third kappa shape index (κ3) is 3.77. The van der Waals surface area contributed by atoms with E-state index in [0.717, 1.165) is 16.7 Å². The third-order valence-corrected chi connectivity index (χ3v) is 5.12. The lowest BCUT2D eigenvalue weighted by atomic mass is 10.1. The van der Waals surface area contributed by atoms with Crippen LogP contribution in [0.5, 0.6) is 5.75 Å². The molecule has 0 aliphatic rings. The first kappa shape index (κ1) is 21.4. The van der Waals surface area contributed by atoms with Crippen LogP contribution in [0.2, 0.25) is 0 Å². The van der Waals surface area contributed by atoms with Gasteiger partial charge in [0.25, 0.3) is 5.91 Å². The summed E-state index contributed by atoms with van der Waals surface area (Å²) in [4.78, 5) is 25.5. The molecule has 2 N–H and O–H groups in total. The van der Waals surface area contributed by atoms with Crippen molar-refractivity contribution in [3.63, 3.8) is 0 Å². The van der Waals surface area contributed by atoms with Gasteiger partial charge in [-0.15, -0.1) is 0 Å². The number of nitrogens with zero attached hydrogens (tertiary/aromatic N) is 1. The standard InChI is InChI=1S/C22H21F3N2O3/c1-4-11(2)26-18(28)9-15-12(3)27(22(30)13-6-5-7-14(23)8-13)17-10-16(24)21(29)20(25)19(15)17/h5-8,10-11,29H,4,9H2,1-3H3,(H,26,28). The molecule has 0 saturated heterocycles. The molecule has 8 heteroatoms. The first-order valence-corrected chi connectivity index (χ1v) is 9.46. The molecular formula is C22H21F3N2O3. The zero-order chi connectivity index (χ0) is 22.2. The van der Waals surface area contributed by atoms with Crippen molar-refractivity contribution in [3.05, 3.63) is 64.6 Å². The Bertz CT molecular complexity index is 1150. The molecule has 0 fully saturated rings. The number of carbonyl (C=O) groups is 2. The van der Waals surface area contributed by atoms with Crippen LogP contribution in [0.15, 0.2) is 30.3 Å². The Morgan fingerprint density at radius 1 is 1.20 bits per heavy atom. The van der Waals surface area contributed by atoms with Gasteiger partial charge in [0.05, 0.1) is 11.9 Å². The smallest absolute Gasteiger partial charge is 0.262 e. The van der Waals surface area contributed by atoms with E-state index in [9.17, 15) is 27.9 Å². The molecule has 3 rings (SSSR count). The average molecular weight is 418 g/mol. The molecule has 3 aromatic rings. The Kier molecular flexibility index (Phi) is 5.87. The van der Waals surface area contributed by atoms with Gasteiger partial charge >= 0.3 is 0 Å². The van der Waals surface area contributed by atoms with Crippen LogP contribution in [0.4, 0.5) is 13.2 Å². The number of rotatable bonds is 5. The lowest BCUT2D eigenvalue weighted by Gasteiger charge is -2.12. The highest BCUT2D eigenvalue weighted by Gasteiger charge is 2.27. The number of halogens is 3. The van der Waals surface area contributed by atoms with Crippen LogP contribution in [0.25, 0.3) is 10.9 Å². The van der Waals surface area contributed by atoms with E-state index in [4.69, 9.17) is 0 Å². The molecule has 1 aromatic heterocycles. The van der Waals surface area contributed by atoms with Crippen molar-refractivity contribution in [2.45, 2.75) is 39.7 Å². The minimum absolute atomic E-state index is 0.0282. The molecule has 2 aromatic carbocycles. The highest BCUT2D eigenvalue weighted by Crippen LogP contribution is 2.35. The number of phenols is 1. The van der Waals surface area contributed by atoms with Gasteiger partial charge in [-0.05, 0) is 44.0 Å². The lowest BCUT2D eigenvalue weighted by Crippen LogP contribution is -2.33. The summed E-state index contributed by atoms with van der Waals surface area (Å²) >= 11 is 0. The highest BCUT2D eigenvalue weighted by molar-refractivity contribution is 6.05. The molecule has 0 aliphatic carbocycles. The monoisotopic (exact) mass is 418 g/mol. The molecular weight excluding hydrogens is 397 g/mol. The fourth-order valence-corrected chi connectivity index (χ4v) is 3.37. The van der Waals surface area contributed by atoms with Crippen molar-refractivity contribution in [2.75, 3.05) is 0 Å². The summed E-state index contributed by atoms with van der Waals surface area (Å²) < 4.78 is 43.5. The van der Waals surface area contributed by atoms with E-state index in [1.54, 1.807) is 0 Å². The SMILES string of the molecule is CCC(C)NC(=O)Cc1c(C)n(C(=O)c2cccc(F)c2)c2cc(F)c(O)c(F)c12. The molecule has 0 saturated carbocycles. The van der Waals surface area contributed by atoms with Crippen LogP contribution in [0.3, 0.4) is 0 Å². The van der Waals surface area contributed by atoms with E-state index in [2.05, 4.69) is 5.32 Å². The van der Waals surface area contributed by atoms with Gasteiger partial charge in [-0.3, -0.25) is 14.2 Å². The topological polar surface area (TPSA) is 71.3 Å². The van der Waals surface area contributed by atoms with Crippen molar-refractivity contribution in [1.29, 1.82) is 0 Å². The van der Waals surface area contributed by atoms with E-state index in [1.165, 1.54) is 25.1 Å². The minimum atomic E-state index is -1.26. The molecule has 30 heavy (non-hydrogen) atoms. The predicted octanol–water partition coefficient (Wildman–Crippen LogP) is 4.22. The van der Waals surface area contributed by atoms with Crippen molar-refractivity contribution >= 4 is 22.7 Å². The molecule has 1 unspecified atom stereocenters. The molecule has 1 heterocycles. The lowest BCUT2D eigenvalue weighted by molar-refractivity contribution is -0.121.